The number of hydrogen-bond acceptors (Lipinski definition) is 5. The highest BCUT2D eigenvalue weighted by molar-refractivity contribution is 6.08. The van der Waals surface area contributed by atoms with E-state index in [1.54, 1.807) is 29.2 Å². The van der Waals surface area contributed by atoms with Crippen molar-refractivity contribution in [3.63, 3.8) is 0 Å². The molecule has 0 spiro atoms. The van der Waals surface area contributed by atoms with Gasteiger partial charge in [0, 0.05) is 23.7 Å². The minimum Gasteiger partial charge on any atom is -0.495 e. The van der Waals surface area contributed by atoms with E-state index in [-0.39, 0.29) is 30.0 Å². The number of methoxy groups -OCH3 is 1. The normalized spacial score (nSPS) is 14.6. The van der Waals surface area contributed by atoms with E-state index in [0.717, 1.165) is 23.4 Å². The average molecular weight is 590 g/mol. The molecule has 2 N–H and O–H groups in total. The number of amides is 2. The van der Waals surface area contributed by atoms with E-state index < -0.39 is 12.1 Å². The largest absolute Gasteiger partial charge is 0.495 e. The number of fused-ring (bicyclic) bond motifs is 1. The number of carbonyl (C=O) groups excluding carboxylic acids is 2. The van der Waals surface area contributed by atoms with Crippen LogP contribution in [0.1, 0.15) is 29.3 Å². The van der Waals surface area contributed by atoms with Gasteiger partial charge in [-0.3, -0.25) is 9.59 Å². The lowest BCUT2D eigenvalue weighted by atomic mass is 10.0. The highest BCUT2D eigenvalue weighted by Gasteiger charge is 2.39. The maximum absolute atomic E-state index is 13.9. The Kier molecular flexibility index (Phi) is 8.56. The van der Waals surface area contributed by atoms with Gasteiger partial charge in [0.25, 0.3) is 5.91 Å². The first-order chi connectivity index (χ1) is 20.6. The van der Waals surface area contributed by atoms with Gasteiger partial charge in [-0.15, -0.1) is 0 Å². The van der Waals surface area contributed by atoms with E-state index >= 15 is 0 Å². The molecule has 0 aromatic heterocycles. The molecule has 0 aliphatic carbocycles. The molecule has 7 nitrogen and oxygen atoms in total. The SMILES string of the molecule is COc1cc(-c2ccc(C(=O)N3CC[C@H](C)Nc4ccccc43)cc2OCc2ccccc2)ccc1NC(=O)C(F)(F)F. The molecule has 0 radical (unpaired) electrons. The van der Waals surface area contributed by atoms with Gasteiger partial charge in [-0.2, -0.15) is 13.2 Å². The molecule has 10 heteroatoms. The second-order valence-corrected chi connectivity index (χ2v) is 10.2. The average Bonchev–Trinajstić information content (AvgIpc) is 3.17. The summed E-state index contributed by atoms with van der Waals surface area (Å²) in [6, 6.07) is 26.9. The predicted octanol–water partition coefficient (Wildman–Crippen LogP) is 7.29. The van der Waals surface area contributed by atoms with Crippen LogP contribution in [0.15, 0.2) is 91.0 Å². The highest BCUT2D eigenvalue weighted by Crippen LogP contribution is 2.38. The van der Waals surface area contributed by atoms with Crippen LogP contribution < -0.4 is 25.0 Å². The zero-order valence-corrected chi connectivity index (χ0v) is 23.6. The molecule has 1 aliphatic heterocycles. The van der Waals surface area contributed by atoms with Gasteiger partial charge in [-0.1, -0.05) is 48.5 Å². The number of para-hydroxylation sites is 2. The Bertz CT molecular complexity index is 1630. The van der Waals surface area contributed by atoms with Gasteiger partial charge in [0.05, 0.1) is 24.2 Å². The Morgan fingerprint density at radius 1 is 0.953 bits per heavy atom. The molecule has 1 heterocycles. The molecule has 0 saturated heterocycles. The Hall–Kier alpha value is -4.99. The Labute approximate surface area is 247 Å². The van der Waals surface area contributed by atoms with Crippen molar-refractivity contribution in [2.24, 2.45) is 0 Å². The molecule has 1 atom stereocenters. The summed E-state index contributed by atoms with van der Waals surface area (Å²) >= 11 is 0. The van der Waals surface area contributed by atoms with Gasteiger partial charge < -0.3 is 25.0 Å². The third-order valence-corrected chi connectivity index (χ3v) is 7.11. The minimum atomic E-state index is -5.05. The fraction of sp³-hybridized carbons (Fsp3) is 0.212. The third kappa shape index (κ3) is 6.74. The molecule has 43 heavy (non-hydrogen) atoms. The van der Waals surface area contributed by atoms with Gasteiger partial charge in [-0.05, 0) is 66.9 Å². The van der Waals surface area contributed by atoms with Crippen molar-refractivity contribution in [1.82, 2.24) is 0 Å². The number of benzene rings is 4. The van der Waals surface area contributed by atoms with Crippen LogP contribution in [0, 0.1) is 0 Å². The zero-order valence-electron chi connectivity index (χ0n) is 23.6. The lowest BCUT2D eigenvalue weighted by molar-refractivity contribution is -0.167. The van der Waals surface area contributed by atoms with Crippen molar-refractivity contribution in [1.29, 1.82) is 0 Å². The van der Waals surface area contributed by atoms with Crippen molar-refractivity contribution in [3.05, 3.63) is 102 Å². The van der Waals surface area contributed by atoms with Crippen LogP contribution in [0.4, 0.5) is 30.2 Å². The quantitative estimate of drug-likeness (QED) is 0.237. The summed E-state index contributed by atoms with van der Waals surface area (Å²) < 4.78 is 50.1. The van der Waals surface area contributed by atoms with Crippen LogP contribution in [0.5, 0.6) is 11.5 Å². The molecule has 4 aromatic carbocycles. The second-order valence-electron chi connectivity index (χ2n) is 10.2. The number of nitrogens with zero attached hydrogens (tertiary/aromatic N) is 1. The Morgan fingerprint density at radius 3 is 2.44 bits per heavy atom. The Balaban J connectivity index is 1.51. The van der Waals surface area contributed by atoms with Crippen LogP contribution in [-0.2, 0) is 11.4 Å². The number of alkyl halides is 3. The maximum Gasteiger partial charge on any atom is 0.471 e. The topological polar surface area (TPSA) is 79.9 Å². The first-order valence-electron chi connectivity index (χ1n) is 13.7. The number of halogens is 3. The fourth-order valence-corrected chi connectivity index (χ4v) is 4.88. The van der Waals surface area contributed by atoms with E-state index in [1.807, 2.05) is 59.9 Å². The van der Waals surface area contributed by atoms with E-state index in [0.29, 0.717) is 29.0 Å². The zero-order chi connectivity index (χ0) is 30.6. The minimum absolute atomic E-state index is 0.0343. The van der Waals surface area contributed by atoms with Crippen LogP contribution >= 0.6 is 0 Å². The summed E-state index contributed by atoms with van der Waals surface area (Å²) in [5, 5.41) is 5.30. The monoisotopic (exact) mass is 589 g/mol. The van der Waals surface area contributed by atoms with Crippen LogP contribution in [-0.4, -0.2) is 37.7 Å². The number of carbonyl (C=O) groups is 2. The summed E-state index contributed by atoms with van der Waals surface area (Å²) in [4.78, 5) is 27.2. The van der Waals surface area contributed by atoms with E-state index in [4.69, 9.17) is 9.47 Å². The summed E-state index contributed by atoms with van der Waals surface area (Å²) in [7, 11) is 1.30. The van der Waals surface area contributed by atoms with E-state index in [1.165, 1.54) is 19.2 Å². The molecular weight excluding hydrogens is 559 g/mol. The van der Waals surface area contributed by atoms with Crippen molar-refractivity contribution in [2.45, 2.75) is 32.2 Å². The molecule has 2 amide bonds. The Morgan fingerprint density at radius 2 is 1.70 bits per heavy atom. The molecule has 222 valence electrons. The summed E-state index contributed by atoms with van der Waals surface area (Å²) in [5.41, 5.74) is 4.01. The third-order valence-electron chi connectivity index (χ3n) is 7.11. The number of rotatable bonds is 7. The number of nitrogens with one attached hydrogen (secondary N) is 2. The number of anilines is 3. The summed E-state index contributed by atoms with van der Waals surface area (Å²) in [6.45, 7) is 2.81. The van der Waals surface area contributed by atoms with Crippen molar-refractivity contribution < 1.29 is 32.2 Å². The number of hydrogen-bond donors (Lipinski definition) is 2. The van der Waals surface area contributed by atoms with Crippen LogP contribution in [0.3, 0.4) is 0 Å². The van der Waals surface area contributed by atoms with E-state index in [9.17, 15) is 22.8 Å². The fourth-order valence-electron chi connectivity index (χ4n) is 4.88. The lowest BCUT2D eigenvalue weighted by Gasteiger charge is -2.23. The summed E-state index contributed by atoms with van der Waals surface area (Å²) in [5.74, 6) is -1.86. The van der Waals surface area contributed by atoms with Crippen molar-refractivity contribution in [2.75, 3.05) is 29.2 Å². The van der Waals surface area contributed by atoms with Gasteiger partial charge in [0.2, 0.25) is 0 Å². The van der Waals surface area contributed by atoms with Crippen LogP contribution in [0.25, 0.3) is 11.1 Å². The summed E-state index contributed by atoms with van der Waals surface area (Å²) in [6.07, 6.45) is -4.29. The predicted molar refractivity (Wildman–Crippen MR) is 160 cm³/mol. The molecule has 0 saturated carbocycles. The molecule has 1 aliphatic rings. The molecule has 0 bridgehead atoms. The molecular formula is C33H30F3N3O4. The first-order valence-corrected chi connectivity index (χ1v) is 13.7. The van der Waals surface area contributed by atoms with Crippen LogP contribution in [0.2, 0.25) is 0 Å². The number of ether oxygens (including phenoxy) is 2. The molecule has 4 aromatic rings. The van der Waals surface area contributed by atoms with Gasteiger partial charge in [-0.25, -0.2) is 0 Å². The molecule has 0 unspecified atom stereocenters. The van der Waals surface area contributed by atoms with Crippen molar-refractivity contribution >= 4 is 28.9 Å². The van der Waals surface area contributed by atoms with Crippen molar-refractivity contribution in [3.8, 4) is 22.6 Å². The molecule has 5 rings (SSSR count). The van der Waals surface area contributed by atoms with Gasteiger partial charge in [0.1, 0.15) is 18.1 Å². The van der Waals surface area contributed by atoms with Gasteiger partial charge in [0.15, 0.2) is 0 Å². The lowest BCUT2D eigenvalue weighted by Crippen LogP contribution is -2.32. The highest BCUT2D eigenvalue weighted by atomic mass is 19.4. The smallest absolute Gasteiger partial charge is 0.471 e. The van der Waals surface area contributed by atoms with Gasteiger partial charge >= 0.3 is 12.1 Å². The first kappa shape index (κ1) is 29.5. The second kappa shape index (κ2) is 12.5. The van der Waals surface area contributed by atoms with E-state index in [2.05, 4.69) is 12.2 Å². The standard InChI is InChI=1S/C33H30F3N3O4/c1-21-16-17-39(28-11-7-6-10-26(28)37-21)31(40)24-12-14-25(29(19-24)43-20-22-8-4-3-5-9-22)23-13-15-27(30(18-23)42-2)38-32(41)33(34,35)36/h3-15,18-19,21,37H,16-17,20H2,1-2H3,(H,38,41)/t21-/m0/s1. The maximum atomic E-state index is 13.9. The molecule has 0 fully saturated rings.